The summed E-state index contributed by atoms with van der Waals surface area (Å²) in [5.74, 6) is 1.76. The monoisotopic (exact) mass is 338 g/mol. The summed E-state index contributed by atoms with van der Waals surface area (Å²) in [5, 5.41) is 12.6. The number of fused-ring (bicyclic) bond motifs is 1. The Labute approximate surface area is 146 Å². The highest BCUT2D eigenvalue weighted by Crippen LogP contribution is 2.23. The van der Waals surface area contributed by atoms with Crippen LogP contribution < -0.4 is 5.32 Å². The molecule has 1 atom stereocenters. The molecule has 0 aliphatic carbocycles. The maximum Gasteiger partial charge on any atom is 0.176 e. The molecular formula is C18H22N6O. The Bertz CT molecular complexity index is 825. The summed E-state index contributed by atoms with van der Waals surface area (Å²) >= 11 is 0. The fourth-order valence-electron chi connectivity index (χ4n) is 3.20. The first kappa shape index (κ1) is 16.0. The summed E-state index contributed by atoms with van der Waals surface area (Å²) in [4.78, 5) is 4.63. The molecule has 0 radical (unpaired) electrons. The summed E-state index contributed by atoms with van der Waals surface area (Å²) in [6.45, 7) is 2.14. The Morgan fingerprint density at radius 2 is 2.16 bits per heavy atom. The smallest absolute Gasteiger partial charge is 0.176 e. The third kappa shape index (κ3) is 3.47. The van der Waals surface area contributed by atoms with Crippen LogP contribution in [0.4, 0.5) is 0 Å². The number of hydrogen-bond donors (Lipinski definition) is 1. The lowest BCUT2D eigenvalue weighted by Gasteiger charge is -2.22. The van der Waals surface area contributed by atoms with Crippen molar-refractivity contribution < 1.29 is 4.74 Å². The Morgan fingerprint density at radius 1 is 1.28 bits per heavy atom. The maximum absolute atomic E-state index is 5.15. The summed E-state index contributed by atoms with van der Waals surface area (Å²) in [5.41, 5.74) is 2.22. The van der Waals surface area contributed by atoms with Gasteiger partial charge in [-0.1, -0.05) is 18.2 Å². The number of aromatic nitrogens is 5. The van der Waals surface area contributed by atoms with Crippen LogP contribution in [0.1, 0.15) is 36.1 Å². The highest BCUT2D eigenvalue weighted by atomic mass is 16.5. The lowest BCUT2D eigenvalue weighted by atomic mass is 10.1. The average Bonchev–Trinajstić information content (AvgIpc) is 3.28. The van der Waals surface area contributed by atoms with Gasteiger partial charge in [-0.3, -0.25) is 0 Å². The van der Waals surface area contributed by atoms with Crippen LogP contribution >= 0.6 is 0 Å². The lowest BCUT2D eigenvalue weighted by Crippen LogP contribution is -2.28. The summed E-state index contributed by atoms with van der Waals surface area (Å²) in [7, 11) is 1.67. The highest BCUT2D eigenvalue weighted by molar-refractivity contribution is 5.30. The van der Waals surface area contributed by atoms with Crippen LogP contribution in [0.5, 0.6) is 0 Å². The first-order chi connectivity index (χ1) is 12.3. The van der Waals surface area contributed by atoms with Gasteiger partial charge in [0.1, 0.15) is 12.4 Å². The van der Waals surface area contributed by atoms with Gasteiger partial charge < -0.3 is 10.1 Å². The molecule has 1 aromatic carbocycles. The quantitative estimate of drug-likeness (QED) is 0.746. The molecule has 0 unspecified atom stereocenters. The minimum atomic E-state index is 0.215. The normalized spacial score (nSPS) is 16.8. The first-order valence-electron chi connectivity index (χ1n) is 8.58. The minimum absolute atomic E-state index is 0.215. The molecule has 7 nitrogen and oxygen atoms in total. The van der Waals surface area contributed by atoms with Crippen molar-refractivity contribution in [3.63, 3.8) is 0 Å². The van der Waals surface area contributed by atoms with Crippen LogP contribution in [0, 0.1) is 0 Å². The molecule has 0 saturated carbocycles. The van der Waals surface area contributed by atoms with Crippen molar-refractivity contribution in [2.45, 2.75) is 38.6 Å². The van der Waals surface area contributed by atoms with Crippen LogP contribution in [0.2, 0.25) is 0 Å². The number of rotatable bonds is 6. The van der Waals surface area contributed by atoms with Crippen LogP contribution in [0.25, 0.3) is 5.69 Å². The molecule has 3 heterocycles. The zero-order chi connectivity index (χ0) is 17.1. The first-order valence-corrected chi connectivity index (χ1v) is 8.58. The predicted molar refractivity (Wildman–Crippen MR) is 93.1 cm³/mol. The predicted octanol–water partition coefficient (Wildman–Crippen LogP) is 2.23. The van der Waals surface area contributed by atoms with E-state index in [2.05, 4.69) is 26.7 Å². The molecule has 25 heavy (non-hydrogen) atoms. The fraction of sp³-hybridized carbons (Fsp3) is 0.389. The number of aryl methyl sites for hydroxylation is 1. The Balaban J connectivity index is 1.43. The summed E-state index contributed by atoms with van der Waals surface area (Å²) < 4.78 is 9.05. The van der Waals surface area contributed by atoms with E-state index < -0.39 is 0 Å². The summed E-state index contributed by atoms with van der Waals surface area (Å²) in [6, 6.07) is 10.3. The third-order valence-electron chi connectivity index (χ3n) is 4.40. The molecule has 0 spiro atoms. The Kier molecular flexibility index (Phi) is 4.58. The van der Waals surface area contributed by atoms with E-state index in [9.17, 15) is 0 Å². The van der Waals surface area contributed by atoms with Crippen LogP contribution in [0.15, 0.2) is 42.7 Å². The van der Waals surface area contributed by atoms with Crippen molar-refractivity contribution in [2.75, 3.05) is 7.11 Å². The fourth-order valence-corrected chi connectivity index (χ4v) is 3.20. The molecule has 1 aliphatic heterocycles. The van der Waals surface area contributed by atoms with Crippen LogP contribution in [-0.2, 0) is 24.4 Å². The van der Waals surface area contributed by atoms with Gasteiger partial charge in [0, 0.05) is 32.0 Å². The van der Waals surface area contributed by atoms with E-state index in [-0.39, 0.29) is 6.04 Å². The maximum atomic E-state index is 5.15. The number of nitrogens with one attached hydrogen (secondary N) is 1. The van der Waals surface area contributed by atoms with Crippen molar-refractivity contribution in [3.8, 4) is 5.69 Å². The van der Waals surface area contributed by atoms with Crippen molar-refractivity contribution in [3.05, 3.63) is 59.9 Å². The summed E-state index contributed by atoms with van der Waals surface area (Å²) in [6.07, 6.45) is 6.14. The number of ether oxygens (including phenoxy) is 1. The highest BCUT2D eigenvalue weighted by Gasteiger charge is 2.23. The SMILES string of the molecule is COCc1nc2n(n1)CCC[C@@H]2NCc1cnn(-c2ccccc2)c1. The number of methoxy groups -OCH3 is 1. The second-order valence-electron chi connectivity index (χ2n) is 6.25. The number of hydrogen-bond acceptors (Lipinski definition) is 5. The van der Waals surface area contributed by atoms with Gasteiger partial charge in [-0.2, -0.15) is 10.2 Å². The Hall–Kier alpha value is -2.51. The second-order valence-corrected chi connectivity index (χ2v) is 6.25. The van der Waals surface area contributed by atoms with Crippen molar-refractivity contribution in [1.29, 1.82) is 0 Å². The van der Waals surface area contributed by atoms with Crippen molar-refractivity contribution in [1.82, 2.24) is 29.9 Å². The molecule has 0 fully saturated rings. The van der Waals surface area contributed by atoms with Crippen LogP contribution in [-0.4, -0.2) is 31.7 Å². The number of benzene rings is 1. The lowest BCUT2D eigenvalue weighted by molar-refractivity contribution is 0.177. The van der Waals surface area contributed by atoms with Gasteiger partial charge >= 0.3 is 0 Å². The van der Waals surface area contributed by atoms with Gasteiger partial charge in [-0.05, 0) is 25.0 Å². The zero-order valence-electron chi connectivity index (χ0n) is 14.3. The molecule has 0 saturated heterocycles. The molecule has 0 bridgehead atoms. The van der Waals surface area contributed by atoms with E-state index in [1.165, 1.54) is 0 Å². The van der Waals surface area contributed by atoms with Crippen molar-refractivity contribution in [2.24, 2.45) is 0 Å². The van der Waals surface area contributed by atoms with Gasteiger partial charge in [0.25, 0.3) is 0 Å². The molecule has 0 amide bonds. The molecule has 1 aliphatic rings. The van der Waals surface area contributed by atoms with Crippen molar-refractivity contribution >= 4 is 0 Å². The number of nitrogens with zero attached hydrogens (tertiary/aromatic N) is 5. The molecule has 1 N–H and O–H groups in total. The second kappa shape index (κ2) is 7.16. The molecule has 3 aromatic rings. The third-order valence-corrected chi connectivity index (χ3v) is 4.40. The van der Waals surface area contributed by atoms with E-state index in [1.54, 1.807) is 7.11 Å². The minimum Gasteiger partial charge on any atom is -0.377 e. The molecule has 130 valence electrons. The molecule has 2 aromatic heterocycles. The molecule has 4 rings (SSSR count). The number of para-hydroxylation sites is 1. The average molecular weight is 338 g/mol. The van der Waals surface area contributed by atoms with Gasteiger partial charge in [0.15, 0.2) is 5.82 Å². The van der Waals surface area contributed by atoms with E-state index in [0.29, 0.717) is 6.61 Å². The van der Waals surface area contributed by atoms with Gasteiger partial charge in [0.05, 0.1) is 17.9 Å². The Morgan fingerprint density at radius 3 is 3.00 bits per heavy atom. The molecular weight excluding hydrogens is 316 g/mol. The topological polar surface area (TPSA) is 69.8 Å². The van der Waals surface area contributed by atoms with Gasteiger partial charge in [-0.25, -0.2) is 14.3 Å². The van der Waals surface area contributed by atoms with Crippen LogP contribution in [0.3, 0.4) is 0 Å². The van der Waals surface area contributed by atoms with Gasteiger partial charge in [0.2, 0.25) is 0 Å². The standard InChI is InChI=1S/C18H22N6O/c1-25-13-17-21-18-16(8-5-9-23(18)22-17)19-10-14-11-20-24(12-14)15-6-3-2-4-7-15/h2-4,6-7,11-12,16,19H,5,8-10,13H2,1H3/t16-/m0/s1. The largest absolute Gasteiger partial charge is 0.377 e. The van der Waals surface area contributed by atoms with E-state index >= 15 is 0 Å². The van der Waals surface area contributed by atoms with Gasteiger partial charge in [-0.15, -0.1) is 0 Å². The molecule has 7 heteroatoms. The zero-order valence-corrected chi connectivity index (χ0v) is 14.3. The van der Waals surface area contributed by atoms with E-state index in [0.717, 1.165) is 48.8 Å². The van der Waals surface area contributed by atoms with E-state index in [4.69, 9.17) is 4.74 Å². The van der Waals surface area contributed by atoms with E-state index in [1.807, 2.05) is 45.9 Å².